The second-order valence-corrected chi connectivity index (χ2v) is 5.50. The van der Waals surface area contributed by atoms with Gasteiger partial charge in [0.15, 0.2) is 0 Å². The summed E-state index contributed by atoms with van der Waals surface area (Å²) in [5.41, 5.74) is 1.20. The van der Waals surface area contributed by atoms with Crippen LogP contribution in [0.1, 0.15) is 44.1 Å². The zero-order valence-electron chi connectivity index (χ0n) is 11.7. The Bertz CT molecular complexity index is 379. The van der Waals surface area contributed by atoms with Crippen LogP contribution in [0.15, 0.2) is 24.3 Å². The summed E-state index contributed by atoms with van der Waals surface area (Å²) in [4.78, 5) is 2.41. The average Bonchev–Trinajstić information content (AvgIpc) is 2.46. The van der Waals surface area contributed by atoms with E-state index in [1.54, 1.807) is 0 Å². The molecule has 0 saturated carbocycles. The standard InChI is InChI=1S/C16H24FNO/c1-2-3-9-18-10-8-14(11-16(18)12-19)13-4-6-15(17)7-5-13/h4-7,14,16,19H,2-3,8-12H2,1H3. The van der Waals surface area contributed by atoms with Crippen molar-refractivity contribution in [2.24, 2.45) is 0 Å². The van der Waals surface area contributed by atoms with Gasteiger partial charge in [0, 0.05) is 6.04 Å². The van der Waals surface area contributed by atoms with Gasteiger partial charge in [-0.1, -0.05) is 25.5 Å². The van der Waals surface area contributed by atoms with Crippen molar-refractivity contribution in [2.75, 3.05) is 19.7 Å². The van der Waals surface area contributed by atoms with Crippen LogP contribution < -0.4 is 0 Å². The Morgan fingerprint density at radius 2 is 2.05 bits per heavy atom. The number of rotatable bonds is 5. The lowest BCUT2D eigenvalue weighted by Crippen LogP contribution is -2.44. The number of benzene rings is 1. The number of hydrogen-bond acceptors (Lipinski definition) is 2. The largest absolute Gasteiger partial charge is 0.395 e. The zero-order chi connectivity index (χ0) is 13.7. The molecule has 0 aromatic heterocycles. The number of piperidine rings is 1. The Balaban J connectivity index is 1.98. The van der Waals surface area contributed by atoms with Crippen LogP contribution in [0.25, 0.3) is 0 Å². The molecule has 19 heavy (non-hydrogen) atoms. The van der Waals surface area contributed by atoms with Crippen molar-refractivity contribution in [3.05, 3.63) is 35.6 Å². The van der Waals surface area contributed by atoms with Crippen molar-refractivity contribution in [1.82, 2.24) is 4.90 Å². The van der Waals surface area contributed by atoms with Crippen LogP contribution in [0.3, 0.4) is 0 Å². The molecule has 1 fully saturated rings. The fourth-order valence-corrected chi connectivity index (χ4v) is 2.98. The van der Waals surface area contributed by atoms with E-state index in [2.05, 4.69) is 11.8 Å². The van der Waals surface area contributed by atoms with Crippen LogP contribution in [-0.4, -0.2) is 35.7 Å². The average molecular weight is 265 g/mol. The minimum atomic E-state index is -0.178. The van der Waals surface area contributed by atoms with Crippen LogP contribution in [0.4, 0.5) is 4.39 Å². The molecule has 1 heterocycles. The molecule has 2 atom stereocenters. The SMILES string of the molecule is CCCCN1CCC(c2ccc(F)cc2)CC1CO. The first kappa shape index (κ1) is 14.5. The van der Waals surface area contributed by atoms with Crippen molar-refractivity contribution >= 4 is 0 Å². The third-order valence-electron chi connectivity index (χ3n) is 4.19. The molecule has 1 aromatic carbocycles. The van der Waals surface area contributed by atoms with E-state index in [1.165, 1.54) is 30.5 Å². The number of likely N-dealkylation sites (tertiary alicyclic amines) is 1. The maximum absolute atomic E-state index is 12.9. The Kier molecular flexibility index (Phi) is 5.34. The van der Waals surface area contributed by atoms with Gasteiger partial charge in [-0.2, -0.15) is 0 Å². The molecule has 1 aliphatic rings. The van der Waals surface area contributed by atoms with E-state index < -0.39 is 0 Å². The van der Waals surface area contributed by atoms with E-state index in [1.807, 2.05) is 12.1 Å². The topological polar surface area (TPSA) is 23.5 Å². The lowest BCUT2D eigenvalue weighted by atomic mass is 9.85. The Labute approximate surface area is 115 Å². The van der Waals surface area contributed by atoms with Gasteiger partial charge in [0.1, 0.15) is 5.82 Å². The highest BCUT2D eigenvalue weighted by Crippen LogP contribution is 2.31. The Morgan fingerprint density at radius 3 is 2.68 bits per heavy atom. The Hall–Kier alpha value is -0.930. The molecule has 1 aromatic rings. The molecule has 1 aliphatic heterocycles. The first-order valence-corrected chi connectivity index (χ1v) is 7.35. The second kappa shape index (κ2) is 7.01. The minimum Gasteiger partial charge on any atom is -0.395 e. The number of unbranched alkanes of at least 4 members (excludes halogenated alkanes) is 1. The van der Waals surface area contributed by atoms with Crippen molar-refractivity contribution in [3.63, 3.8) is 0 Å². The van der Waals surface area contributed by atoms with E-state index in [0.29, 0.717) is 5.92 Å². The predicted octanol–water partition coefficient (Wildman–Crippen LogP) is 3.17. The first-order chi connectivity index (χ1) is 9.24. The van der Waals surface area contributed by atoms with Gasteiger partial charge in [-0.05, 0) is 56.0 Å². The summed E-state index contributed by atoms with van der Waals surface area (Å²) >= 11 is 0. The summed E-state index contributed by atoms with van der Waals surface area (Å²) in [7, 11) is 0. The summed E-state index contributed by atoms with van der Waals surface area (Å²) in [6.07, 6.45) is 4.46. The molecule has 2 nitrogen and oxygen atoms in total. The summed E-state index contributed by atoms with van der Waals surface area (Å²) < 4.78 is 12.9. The fourth-order valence-electron chi connectivity index (χ4n) is 2.98. The van der Waals surface area contributed by atoms with Crippen molar-refractivity contribution in [2.45, 2.75) is 44.6 Å². The first-order valence-electron chi connectivity index (χ1n) is 7.35. The molecule has 0 spiro atoms. The molecule has 106 valence electrons. The zero-order valence-corrected chi connectivity index (χ0v) is 11.7. The molecule has 2 unspecified atom stereocenters. The highest BCUT2D eigenvalue weighted by molar-refractivity contribution is 5.21. The summed E-state index contributed by atoms with van der Waals surface area (Å²) in [6.45, 7) is 4.53. The summed E-state index contributed by atoms with van der Waals surface area (Å²) in [6, 6.07) is 7.10. The third kappa shape index (κ3) is 3.77. The van der Waals surface area contributed by atoms with Crippen LogP contribution in [0.2, 0.25) is 0 Å². The lowest BCUT2D eigenvalue weighted by Gasteiger charge is -2.39. The van der Waals surface area contributed by atoms with E-state index in [-0.39, 0.29) is 18.5 Å². The van der Waals surface area contributed by atoms with E-state index in [9.17, 15) is 9.50 Å². The van der Waals surface area contributed by atoms with Crippen LogP contribution in [0.5, 0.6) is 0 Å². The summed E-state index contributed by atoms with van der Waals surface area (Å²) in [5, 5.41) is 9.57. The molecule has 3 heteroatoms. The molecule has 0 radical (unpaired) electrons. The number of aliphatic hydroxyl groups excluding tert-OH is 1. The minimum absolute atomic E-state index is 0.178. The number of halogens is 1. The van der Waals surface area contributed by atoms with Gasteiger partial charge in [0.2, 0.25) is 0 Å². The number of aliphatic hydroxyl groups is 1. The van der Waals surface area contributed by atoms with Gasteiger partial charge in [-0.15, -0.1) is 0 Å². The van der Waals surface area contributed by atoms with E-state index >= 15 is 0 Å². The lowest BCUT2D eigenvalue weighted by molar-refractivity contribution is 0.0798. The fraction of sp³-hybridized carbons (Fsp3) is 0.625. The van der Waals surface area contributed by atoms with Gasteiger partial charge in [-0.25, -0.2) is 4.39 Å². The molecule has 0 amide bonds. The molecular formula is C16H24FNO. The van der Waals surface area contributed by atoms with Gasteiger partial charge in [0.05, 0.1) is 6.61 Å². The number of hydrogen-bond donors (Lipinski definition) is 1. The number of nitrogens with zero attached hydrogens (tertiary/aromatic N) is 1. The van der Waals surface area contributed by atoms with Crippen LogP contribution in [0, 0.1) is 5.82 Å². The molecule has 1 N–H and O–H groups in total. The highest BCUT2D eigenvalue weighted by atomic mass is 19.1. The highest BCUT2D eigenvalue weighted by Gasteiger charge is 2.28. The Morgan fingerprint density at radius 1 is 1.32 bits per heavy atom. The van der Waals surface area contributed by atoms with Crippen molar-refractivity contribution in [3.8, 4) is 0 Å². The molecule has 0 bridgehead atoms. The third-order valence-corrected chi connectivity index (χ3v) is 4.19. The van der Waals surface area contributed by atoms with Gasteiger partial charge < -0.3 is 5.11 Å². The van der Waals surface area contributed by atoms with Crippen LogP contribution >= 0.6 is 0 Å². The van der Waals surface area contributed by atoms with Gasteiger partial charge >= 0.3 is 0 Å². The molecule has 0 aliphatic carbocycles. The van der Waals surface area contributed by atoms with Crippen LogP contribution in [-0.2, 0) is 0 Å². The van der Waals surface area contributed by atoms with E-state index in [0.717, 1.165) is 25.9 Å². The smallest absolute Gasteiger partial charge is 0.123 e. The second-order valence-electron chi connectivity index (χ2n) is 5.50. The molecular weight excluding hydrogens is 241 g/mol. The maximum atomic E-state index is 12.9. The maximum Gasteiger partial charge on any atom is 0.123 e. The normalized spacial score (nSPS) is 24.6. The van der Waals surface area contributed by atoms with Crippen molar-refractivity contribution in [1.29, 1.82) is 0 Å². The van der Waals surface area contributed by atoms with Crippen molar-refractivity contribution < 1.29 is 9.50 Å². The van der Waals surface area contributed by atoms with Gasteiger partial charge in [-0.3, -0.25) is 4.90 Å². The molecule has 1 saturated heterocycles. The predicted molar refractivity (Wildman–Crippen MR) is 75.7 cm³/mol. The summed E-state index contributed by atoms with van der Waals surface area (Å²) in [5.74, 6) is 0.276. The van der Waals surface area contributed by atoms with Gasteiger partial charge in [0.25, 0.3) is 0 Å². The monoisotopic (exact) mass is 265 g/mol. The quantitative estimate of drug-likeness (QED) is 0.884. The molecule has 2 rings (SSSR count). The van der Waals surface area contributed by atoms with E-state index in [4.69, 9.17) is 0 Å².